The van der Waals surface area contributed by atoms with Crippen LogP contribution in [0.15, 0.2) is 41.4 Å². The van der Waals surface area contributed by atoms with Crippen molar-refractivity contribution in [3.8, 4) is 0 Å². The smallest absolute Gasteiger partial charge is 0.282 e. The summed E-state index contributed by atoms with van der Waals surface area (Å²) in [5.41, 5.74) is 2.48. The van der Waals surface area contributed by atoms with Gasteiger partial charge in [-0.2, -0.15) is 0 Å². The molecule has 27 heavy (non-hydrogen) atoms. The number of carbonyl (C=O) groups is 2. The molecular weight excluding hydrogens is 380 g/mol. The van der Waals surface area contributed by atoms with Crippen LogP contribution in [0.5, 0.6) is 0 Å². The maximum absolute atomic E-state index is 13.4. The van der Waals surface area contributed by atoms with Gasteiger partial charge in [-0.1, -0.05) is 30.7 Å². The van der Waals surface area contributed by atoms with Crippen molar-refractivity contribution in [1.82, 2.24) is 4.90 Å². The van der Waals surface area contributed by atoms with Crippen molar-refractivity contribution in [2.24, 2.45) is 5.92 Å². The molecule has 3 heterocycles. The lowest BCUT2D eigenvalue weighted by Crippen LogP contribution is -2.38. The van der Waals surface area contributed by atoms with Crippen LogP contribution in [0.2, 0.25) is 5.02 Å². The number of halogens is 1. The maximum Gasteiger partial charge on any atom is 0.282 e. The summed E-state index contributed by atoms with van der Waals surface area (Å²) in [5, 5.41) is 2.48. The number of piperidine rings is 1. The number of rotatable bonds is 3. The third-order valence-corrected chi connectivity index (χ3v) is 6.64. The molecular formula is C21H21ClN2O2S. The topological polar surface area (TPSA) is 40.6 Å². The molecule has 0 N–H and O–H groups in total. The van der Waals surface area contributed by atoms with Gasteiger partial charge in [0.2, 0.25) is 0 Å². The Balaban J connectivity index is 1.78. The van der Waals surface area contributed by atoms with E-state index in [2.05, 4.69) is 11.8 Å². The number of anilines is 1. The number of imide groups is 1. The van der Waals surface area contributed by atoms with Crippen molar-refractivity contribution < 1.29 is 9.59 Å². The van der Waals surface area contributed by atoms with Crippen LogP contribution in [0, 0.1) is 12.8 Å². The summed E-state index contributed by atoms with van der Waals surface area (Å²) in [7, 11) is 0. The number of hydrogen-bond acceptors (Lipinski definition) is 4. The van der Waals surface area contributed by atoms with Crippen molar-refractivity contribution in [3.05, 3.63) is 56.9 Å². The predicted octanol–water partition coefficient (Wildman–Crippen LogP) is 4.73. The van der Waals surface area contributed by atoms with Crippen molar-refractivity contribution in [3.63, 3.8) is 0 Å². The van der Waals surface area contributed by atoms with Gasteiger partial charge < -0.3 is 4.90 Å². The molecule has 1 saturated heterocycles. The molecule has 1 aromatic carbocycles. The fraction of sp³-hybridized carbons (Fsp3) is 0.333. The third-order valence-electron chi connectivity index (χ3n) is 5.34. The first-order valence-electron chi connectivity index (χ1n) is 9.15. The molecule has 0 saturated carbocycles. The molecule has 1 fully saturated rings. The second-order valence-electron chi connectivity index (χ2n) is 7.25. The van der Waals surface area contributed by atoms with E-state index in [4.69, 9.17) is 11.6 Å². The highest BCUT2D eigenvalue weighted by molar-refractivity contribution is 7.11. The average molecular weight is 401 g/mol. The lowest BCUT2D eigenvalue weighted by atomic mass is 9.98. The van der Waals surface area contributed by atoms with E-state index in [9.17, 15) is 9.59 Å². The summed E-state index contributed by atoms with van der Waals surface area (Å²) in [6, 6.07) is 9.13. The molecule has 6 heteroatoms. The summed E-state index contributed by atoms with van der Waals surface area (Å²) in [4.78, 5) is 30.9. The Morgan fingerprint density at radius 2 is 1.85 bits per heavy atom. The van der Waals surface area contributed by atoms with E-state index in [-0.39, 0.29) is 11.8 Å². The van der Waals surface area contributed by atoms with Gasteiger partial charge in [0, 0.05) is 23.0 Å². The van der Waals surface area contributed by atoms with E-state index >= 15 is 0 Å². The molecule has 0 bridgehead atoms. The molecule has 2 aliphatic rings. The van der Waals surface area contributed by atoms with Crippen molar-refractivity contribution in [2.75, 3.05) is 18.0 Å². The number of carbonyl (C=O) groups excluding carboxylic acids is 2. The summed E-state index contributed by atoms with van der Waals surface area (Å²) in [5.74, 6) is 0.125. The van der Waals surface area contributed by atoms with Gasteiger partial charge >= 0.3 is 0 Å². The number of amides is 2. The van der Waals surface area contributed by atoms with Crippen LogP contribution in [0.4, 0.5) is 5.69 Å². The normalized spacial score (nSPS) is 18.8. The van der Waals surface area contributed by atoms with Gasteiger partial charge in [0.15, 0.2) is 0 Å². The van der Waals surface area contributed by atoms with E-state index in [1.54, 1.807) is 12.1 Å². The molecule has 0 aliphatic carbocycles. The molecule has 140 valence electrons. The molecule has 0 atom stereocenters. The Labute approximate surface area is 168 Å². The minimum absolute atomic E-state index is 0.252. The molecule has 0 spiro atoms. The third kappa shape index (κ3) is 3.19. The Bertz CT molecular complexity index is 928. The molecule has 2 amide bonds. The second kappa shape index (κ2) is 7.13. The minimum atomic E-state index is -0.268. The minimum Gasteiger partial charge on any atom is -0.366 e. The van der Waals surface area contributed by atoms with E-state index in [0.717, 1.165) is 36.4 Å². The SMILES string of the molecule is Cc1ccc(N2C(=O)C(c3cccs3)=C(N3CCC(C)CC3)C2=O)cc1Cl. The fourth-order valence-electron chi connectivity index (χ4n) is 3.64. The molecule has 0 unspecified atom stereocenters. The molecule has 2 aliphatic heterocycles. The fourth-order valence-corrected chi connectivity index (χ4v) is 4.58. The van der Waals surface area contributed by atoms with E-state index in [1.807, 2.05) is 30.5 Å². The zero-order chi connectivity index (χ0) is 19.1. The lowest BCUT2D eigenvalue weighted by Gasteiger charge is -2.32. The van der Waals surface area contributed by atoms with Gasteiger partial charge in [0.1, 0.15) is 5.70 Å². The van der Waals surface area contributed by atoms with Crippen LogP contribution >= 0.6 is 22.9 Å². The van der Waals surface area contributed by atoms with Crippen LogP contribution in [-0.2, 0) is 9.59 Å². The van der Waals surface area contributed by atoms with E-state index in [0.29, 0.717) is 27.9 Å². The summed E-state index contributed by atoms with van der Waals surface area (Å²) in [6.07, 6.45) is 2.05. The first-order valence-corrected chi connectivity index (χ1v) is 10.4. The van der Waals surface area contributed by atoms with Gasteiger partial charge in [-0.15, -0.1) is 11.3 Å². The highest BCUT2D eigenvalue weighted by Gasteiger charge is 2.43. The first-order chi connectivity index (χ1) is 13.0. The van der Waals surface area contributed by atoms with Gasteiger partial charge in [0.25, 0.3) is 11.8 Å². The molecule has 4 nitrogen and oxygen atoms in total. The van der Waals surface area contributed by atoms with Gasteiger partial charge in [-0.05, 0) is 54.8 Å². The van der Waals surface area contributed by atoms with Crippen LogP contribution in [0.25, 0.3) is 5.57 Å². The highest BCUT2D eigenvalue weighted by Crippen LogP contribution is 2.38. The zero-order valence-corrected chi connectivity index (χ0v) is 16.9. The number of nitrogens with zero attached hydrogens (tertiary/aromatic N) is 2. The Morgan fingerprint density at radius 1 is 1.11 bits per heavy atom. The zero-order valence-electron chi connectivity index (χ0n) is 15.4. The number of benzene rings is 1. The van der Waals surface area contributed by atoms with Crippen LogP contribution in [0.3, 0.4) is 0 Å². The maximum atomic E-state index is 13.4. The largest absolute Gasteiger partial charge is 0.366 e. The summed E-state index contributed by atoms with van der Waals surface area (Å²) < 4.78 is 0. The number of aryl methyl sites for hydroxylation is 1. The average Bonchev–Trinajstić information content (AvgIpc) is 3.25. The monoisotopic (exact) mass is 400 g/mol. The summed E-state index contributed by atoms with van der Waals surface area (Å²) in [6.45, 7) is 5.73. The van der Waals surface area contributed by atoms with Crippen molar-refractivity contribution in [1.29, 1.82) is 0 Å². The quantitative estimate of drug-likeness (QED) is 0.699. The number of likely N-dealkylation sites (tertiary alicyclic amines) is 1. The molecule has 4 rings (SSSR count). The van der Waals surface area contributed by atoms with Gasteiger partial charge in [-0.3, -0.25) is 9.59 Å². The Kier molecular flexibility index (Phi) is 4.82. The van der Waals surface area contributed by atoms with Crippen molar-refractivity contribution in [2.45, 2.75) is 26.7 Å². The number of thiophene rings is 1. The summed E-state index contributed by atoms with van der Waals surface area (Å²) >= 11 is 7.74. The van der Waals surface area contributed by atoms with Gasteiger partial charge in [-0.25, -0.2) is 4.90 Å². The standard InChI is InChI=1S/C21H21ClN2O2S/c1-13-7-9-23(10-8-13)19-18(17-4-3-11-27-17)20(25)24(21(19)26)15-6-5-14(2)16(22)12-15/h3-6,11-13H,7-10H2,1-2H3. The first kappa shape index (κ1) is 18.3. The highest BCUT2D eigenvalue weighted by atomic mass is 35.5. The van der Waals surface area contributed by atoms with E-state index in [1.165, 1.54) is 16.2 Å². The predicted molar refractivity (Wildman–Crippen MR) is 110 cm³/mol. The second-order valence-corrected chi connectivity index (χ2v) is 8.60. The Morgan fingerprint density at radius 3 is 2.48 bits per heavy atom. The molecule has 1 aromatic heterocycles. The molecule has 0 radical (unpaired) electrons. The van der Waals surface area contributed by atoms with Crippen LogP contribution in [-0.4, -0.2) is 29.8 Å². The van der Waals surface area contributed by atoms with Crippen LogP contribution in [0.1, 0.15) is 30.2 Å². The van der Waals surface area contributed by atoms with Crippen molar-refractivity contribution >= 4 is 46.0 Å². The lowest BCUT2D eigenvalue weighted by molar-refractivity contribution is -0.120. The Hall–Kier alpha value is -2.11. The van der Waals surface area contributed by atoms with Gasteiger partial charge in [0.05, 0.1) is 11.3 Å². The number of hydrogen-bond donors (Lipinski definition) is 0. The van der Waals surface area contributed by atoms with Crippen LogP contribution < -0.4 is 4.90 Å². The molecule has 2 aromatic rings. The van der Waals surface area contributed by atoms with E-state index < -0.39 is 0 Å².